The molecule has 0 bridgehead atoms. The molecule has 1 aromatic rings. The van der Waals surface area contributed by atoms with Crippen molar-refractivity contribution in [1.29, 1.82) is 0 Å². The third-order valence-corrected chi connectivity index (χ3v) is 4.91. The van der Waals surface area contributed by atoms with Crippen LogP contribution in [0.4, 0.5) is 0 Å². The largest absolute Gasteiger partial charge is 0.311 e. The minimum Gasteiger partial charge on any atom is -0.164 e. The first-order valence-electron chi connectivity index (χ1n) is 6.92. The van der Waals surface area contributed by atoms with E-state index in [2.05, 4.69) is 23.4 Å². The second-order valence-electron chi connectivity index (χ2n) is 5.66. The zero-order valence-corrected chi connectivity index (χ0v) is 12.4. The van der Waals surface area contributed by atoms with Gasteiger partial charge in [-0.15, -0.1) is 0 Å². The topological polar surface area (TPSA) is 46.5 Å². The normalized spacial score (nSPS) is 28.9. The van der Waals surface area contributed by atoms with Crippen molar-refractivity contribution < 1.29 is 8.42 Å². The Morgan fingerprint density at radius 2 is 1.89 bits per heavy atom. The molecule has 19 heavy (non-hydrogen) atoms. The molecule has 0 amide bonds. The molecular formula is C15H21NO2S. The molecule has 0 heterocycles. The second-order valence-corrected chi connectivity index (χ2v) is 6.28. The first-order valence-corrected chi connectivity index (χ1v) is 7.95. The van der Waals surface area contributed by atoms with Gasteiger partial charge in [0, 0.05) is 5.41 Å². The lowest BCUT2D eigenvalue weighted by Gasteiger charge is -2.20. The Bertz CT molecular complexity index is 559. The van der Waals surface area contributed by atoms with E-state index in [4.69, 9.17) is 0 Å². The fourth-order valence-electron chi connectivity index (χ4n) is 3.18. The van der Waals surface area contributed by atoms with E-state index in [1.165, 1.54) is 18.4 Å². The van der Waals surface area contributed by atoms with E-state index in [0.29, 0.717) is 0 Å². The highest BCUT2D eigenvalue weighted by Crippen LogP contribution is 2.62. The Morgan fingerprint density at radius 3 is 2.47 bits per heavy atom. The van der Waals surface area contributed by atoms with E-state index in [1.54, 1.807) is 0 Å². The summed E-state index contributed by atoms with van der Waals surface area (Å²) in [5, 5.41) is 0. The molecule has 1 fully saturated rings. The van der Waals surface area contributed by atoms with E-state index in [-0.39, 0.29) is 5.41 Å². The molecule has 1 saturated carbocycles. The molecule has 2 unspecified atom stereocenters. The third kappa shape index (κ3) is 2.73. The van der Waals surface area contributed by atoms with E-state index < -0.39 is 16.0 Å². The van der Waals surface area contributed by atoms with E-state index in [0.717, 1.165) is 19.3 Å². The molecule has 0 aliphatic heterocycles. The maximum atomic E-state index is 10.9. The fraction of sp³-hybridized carbons (Fsp3) is 0.600. The maximum absolute atomic E-state index is 10.9. The fourth-order valence-corrected chi connectivity index (χ4v) is 3.74. The van der Waals surface area contributed by atoms with Crippen LogP contribution in [0.3, 0.4) is 0 Å². The average molecular weight is 279 g/mol. The molecule has 4 heteroatoms. The third-order valence-electron chi connectivity index (χ3n) is 4.36. The van der Waals surface area contributed by atoms with Gasteiger partial charge in [-0.3, -0.25) is 0 Å². The van der Waals surface area contributed by atoms with Gasteiger partial charge in [-0.05, 0) is 25.3 Å². The van der Waals surface area contributed by atoms with Crippen molar-refractivity contribution in [1.82, 2.24) is 0 Å². The predicted molar refractivity (Wildman–Crippen MR) is 76.6 cm³/mol. The zero-order valence-electron chi connectivity index (χ0n) is 11.6. The Kier molecular flexibility index (Phi) is 4.09. The Hall–Kier alpha value is -1.16. The quantitative estimate of drug-likeness (QED) is 0.745. The SMILES string of the molecule is CCCCCC1(c2ccccc2)CC1(C)N=S(=O)=O. The van der Waals surface area contributed by atoms with Crippen LogP contribution in [0, 0.1) is 0 Å². The monoisotopic (exact) mass is 279 g/mol. The smallest absolute Gasteiger partial charge is 0.164 e. The summed E-state index contributed by atoms with van der Waals surface area (Å²) in [5.41, 5.74) is 0.695. The molecule has 1 aliphatic carbocycles. The highest BCUT2D eigenvalue weighted by molar-refractivity contribution is 7.61. The Morgan fingerprint density at radius 1 is 1.21 bits per heavy atom. The summed E-state index contributed by atoms with van der Waals surface area (Å²) in [6.07, 6.45) is 5.34. The van der Waals surface area contributed by atoms with E-state index in [1.807, 2.05) is 25.1 Å². The van der Waals surface area contributed by atoms with Gasteiger partial charge >= 0.3 is 10.5 Å². The zero-order chi connectivity index (χ0) is 13.9. The lowest BCUT2D eigenvalue weighted by atomic mass is 9.86. The summed E-state index contributed by atoms with van der Waals surface area (Å²) in [7, 11) is -2.33. The number of unbranched alkanes of at least 4 members (excludes halogenated alkanes) is 2. The van der Waals surface area contributed by atoms with Crippen LogP contribution in [0.15, 0.2) is 34.7 Å². The molecular weight excluding hydrogens is 258 g/mol. The van der Waals surface area contributed by atoms with Crippen molar-refractivity contribution in [2.45, 2.75) is 56.9 Å². The van der Waals surface area contributed by atoms with Crippen molar-refractivity contribution in [3.63, 3.8) is 0 Å². The van der Waals surface area contributed by atoms with E-state index >= 15 is 0 Å². The Labute approximate surface area is 116 Å². The summed E-state index contributed by atoms with van der Waals surface area (Å²) in [5.74, 6) is 0. The van der Waals surface area contributed by atoms with Crippen LogP contribution in [0.2, 0.25) is 0 Å². The van der Waals surface area contributed by atoms with Crippen LogP contribution < -0.4 is 0 Å². The molecule has 1 aliphatic rings. The van der Waals surface area contributed by atoms with Gasteiger partial charge in [0.15, 0.2) is 0 Å². The van der Waals surface area contributed by atoms with Gasteiger partial charge in [0.25, 0.3) is 0 Å². The van der Waals surface area contributed by atoms with Gasteiger partial charge in [-0.2, -0.15) is 12.8 Å². The van der Waals surface area contributed by atoms with E-state index in [9.17, 15) is 8.42 Å². The van der Waals surface area contributed by atoms with Gasteiger partial charge in [0.1, 0.15) is 0 Å². The first kappa shape index (κ1) is 14.3. The van der Waals surface area contributed by atoms with Crippen molar-refractivity contribution >= 4 is 10.5 Å². The number of rotatable bonds is 6. The standard InChI is InChI=1S/C15H21NO2S/c1-3-4-8-11-15(13-9-6-5-7-10-13)12-14(15,2)16-19(17)18/h5-7,9-10H,3-4,8,11-12H2,1-2H3. The molecule has 0 N–H and O–H groups in total. The minimum atomic E-state index is -2.33. The van der Waals surface area contributed by atoms with Gasteiger partial charge in [-0.1, -0.05) is 56.5 Å². The van der Waals surface area contributed by atoms with Crippen LogP contribution in [0.25, 0.3) is 0 Å². The van der Waals surface area contributed by atoms with Gasteiger partial charge in [0.05, 0.1) is 5.54 Å². The Balaban J connectivity index is 2.30. The summed E-state index contributed by atoms with van der Waals surface area (Å²) >= 11 is 0. The molecule has 0 saturated heterocycles. The molecule has 0 aromatic heterocycles. The van der Waals surface area contributed by atoms with Crippen molar-refractivity contribution in [3.8, 4) is 0 Å². The van der Waals surface area contributed by atoms with Crippen LogP contribution in [0.5, 0.6) is 0 Å². The molecule has 3 nitrogen and oxygen atoms in total. The van der Waals surface area contributed by atoms with Crippen molar-refractivity contribution in [2.24, 2.45) is 4.36 Å². The van der Waals surface area contributed by atoms with Crippen LogP contribution in [0.1, 0.15) is 51.5 Å². The predicted octanol–water partition coefficient (Wildman–Crippen LogP) is 3.73. The van der Waals surface area contributed by atoms with Crippen LogP contribution in [-0.2, 0) is 15.9 Å². The molecule has 2 atom stereocenters. The van der Waals surface area contributed by atoms with Gasteiger partial charge < -0.3 is 0 Å². The molecule has 0 radical (unpaired) electrons. The lowest BCUT2D eigenvalue weighted by molar-refractivity contribution is 0.493. The highest BCUT2D eigenvalue weighted by atomic mass is 32.2. The number of benzene rings is 1. The second kappa shape index (κ2) is 5.45. The summed E-state index contributed by atoms with van der Waals surface area (Å²) in [6.45, 7) is 4.14. The number of hydrogen-bond acceptors (Lipinski definition) is 3. The first-order chi connectivity index (χ1) is 9.04. The summed E-state index contributed by atoms with van der Waals surface area (Å²) in [4.78, 5) is 0. The molecule has 0 spiro atoms. The number of hydrogen-bond donors (Lipinski definition) is 0. The maximum Gasteiger partial charge on any atom is 0.311 e. The number of nitrogens with zero attached hydrogens (tertiary/aromatic N) is 1. The minimum absolute atomic E-state index is 0.0799. The average Bonchev–Trinajstić information content (AvgIpc) is 2.95. The molecule has 1 aromatic carbocycles. The van der Waals surface area contributed by atoms with Gasteiger partial charge in [-0.25, -0.2) is 0 Å². The van der Waals surface area contributed by atoms with Crippen molar-refractivity contribution in [3.05, 3.63) is 35.9 Å². The van der Waals surface area contributed by atoms with Gasteiger partial charge in [0.2, 0.25) is 0 Å². The van der Waals surface area contributed by atoms with Crippen LogP contribution in [-0.4, -0.2) is 14.0 Å². The highest BCUT2D eigenvalue weighted by Gasteiger charge is 2.65. The molecule has 104 valence electrons. The molecule has 2 rings (SSSR count). The summed E-state index contributed by atoms with van der Waals surface area (Å²) in [6, 6.07) is 10.2. The summed E-state index contributed by atoms with van der Waals surface area (Å²) < 4.78 is 25.8. The van der Waals surface area contributed by atoms with Crippen molar-refractivity contribution in [2.75, 3.05) is 0 Å². The van der Waals surface area contributed by atoms with Crippen LogP contribution >= 0.6 is 0 Å². The lowest BCUT2D eigenvalue weighted by Crippen LogP contribution is -2.19.